The molecule has 1 aliphatic rings. The molecule has 2 heterocycles. The highest BCUT2D eigenvalue weighted by Gasteiger charge is 2.39. The molecule has 1 saturated heterocycles. The number of nitrogens with zero attached hydrogens (tertiary/aromatic N) is 2. The fraction of sp³-hybridized carbons (Fsp3) is 0.545. The first-order valence-corrected chi connectivity index (χ1v) is 5.02. The Hall–Kier alpha value is -0.930. The lowest BCUT2D eigenvalue weighted by atomic mass is 9.89. The normalized spacial score (nSPS) is 28.1. The Morgan fingerprint density at radius 1 is 1.64 bits per heavy atom. The Labute approximate surface area is 84.4 Å². The van der Waals surface area contributed by atoms with Crippen LogP contribution in [0, 0.1) is 0 Å². The van der Waals surface area contributed by atoms with Crippen LogP contribution in [0.1, 0.15) is 18.4 Å². The lowest BCUT2D eigenvalue weighted by Crippen LogP contribution is -2.41. The van der Waals surface area contributed by atoms with Crippen molar-refractivity contribution in [2.45, 2.75) is 18.4 Å². The Morgan fingerprint density at radius 3 is 3.00 bits per heavy atom. The highest BCUT2D eigenvalue weighted by atomic mass is 16.3. The number of rotatable bonds is 2. The quantitative estimate of drug-likeness (QED) is 0.759. The highest BCUT2D eigenvalue weighted by Crippen LogP contribution is 2.36. The summed E-state index contributed by atoms with van der Waals surface area (Å²) in [5, 5.41) is 9.57. The molecule has 1 atom stereocenters. The van der Waals surface area contributed by atoms with Crippen LogP contribution in [0.5, 0.6) is 0 Å². The molecule has 0 aromatic carbocycles. The molecule has 0 radical (unpaired) electrons. The van der Waals surface area contributed by atoms with Crippen LogP contribution >= 0.6 is 0 Å². The van der Waals surface area contributed by atoms with Gasteiger partial charge in [-0.15, -0.1) is 0 Å². The van der Waals surface area contributed by atoms with E-state index in [1.165, 1.54) is 0 Å². The second-order valence-corrected chi connectivity index (χ2v) is 3.96. The fourth-order valence-corrected chi connectivity index (χ4v) is 2.31. The Bertz CT molecular complexity index is 301. The second-order valence-electron chi connectivity index (χ2n) is 3.96. The number of hydrogen-bond acceptors (Lipinski definition) is 3. The minimum absolute atomic E-state index is 0.176. The van der Waals surface area contributed by atoms with Crippen LogP contribution in [0.15, 0.2) is 24.5 Å². The molecule has 1 unspecified atom stereocenters. The van der Waals surface area contributed by atoms with Crippen molar-refractivity contribution in [1.29, 1.82) is 0 Å². The summed E-state index contributed by atoms with van der Waals surface area (Å²) >= 11 is 0. The van der Waals surface area contributed by atoms with Crippen LogP contribution in [0.2, 0.25) is 0 Å². The van der Waals surface area contributed by atoms with E-state index < -0.39 is 0 Å². The van der Waals surface area contributed by atoms with E-state index in [1.807, 2.05) is 18.3 Å². The molecular weight excluding hydrogens is 176 g/mol. The number of aliphatic hydroxyl groups excluding tert-OH is 1. The van der Waals surface area contributed by atoms with Gasteiger partial charge in [-0.1, -0.05) is 6.07 Å². The van der Waals surface area contributed by atoms with Gasteiger partial charge in [0.25, 0.3) is 0 Å². The number of likely N-dealkylation sites (N-methyl/N-ethyl adjacent to an activating group) is 1. The SMILES string of the molecule is CN1CCCC1(CO)c1cccnc1. The zero-order valence-corrected chi connectivity index (χ0v) is 8.48. The van der Waals surface area contributed by atoms with Crippen LogP contribution in [-0.2, 0) is 5.54 Å². The van der Waals surface area contributed by atoms with E-state index in [9.17, 15) is 5.11 Å². The van der Waals surface area contributed by atoms with E-state index in [-0.39, 0.29) is 12.1 Å². The molecule has 14 heavy (non-hydrogen) atoms. The largest absolute Gasteiger partial charge is 0.394 e. The summed E-state index contributed by atoms with van der Waals surface area (Å²) in [7, 11) is 2.07. The van der Waals surface area contributed by atoms with Gasteiger partial charge in [-0.2, -0.15) is 0 Å². The van der Waals surface area contributed by atoms with Crippen LogP contribution in [0.4, 0.5) is 0 Å². The summed E-state index contributed by atoms with van der Waals surface area (Å²) < 4.78 is 0. The number of aromatic nitrogens is 1. The Balaban J connectivity index is 2.38. The van der Waals surface area contributed by atoms with Crippen molar-refractivity contribution in [3.63, 3.8) is 0 Å². The second kappa shape index (κ2) is 3.67. The first-order chi connectivity index (χ1) is 6.79. The van der Waals surface area contributed by atoms with Gasteiger partial charge >= 0.3 is 0 Å². The molecule has 2 rings (SSSR count). The van der Waals surface area contributed by atoms with Gasteiger partial charge < -0.3 is 5.11 Å². The monoisotopic (exact) mass is 192 g/mol. The van der Waals surface area contributed by atoms with Gasteiger partial charge in [0.1, 0.15) is 0 Å². The standard InChI is InChI=1S/C11H16N2O/c1-13-7-3-5-11(13,9-14)10-4-2-6-12-8-10/h2,4,6,8,14H,3,5,7,9H2,1H3. The van der Waals surface area contributed by atoms with Gasteiger partial charge in [0.2, 0.25) is 0 Å². The lowest BCUT2D eigenvalue weighted by Gasteiger charge is -2.34. The molecular formula is C11H16N2O. The Morgan fingerprint density at radius 2 is 2.50 bits per heavy atom. The maximum Gasteiger partial charge on any atom is 0.0707 e. The zero-order valence-electron chi connectivity index (χ0n) is 8.48. The van der Waals surface area contributed by atoms with Crippen LogP contribution in [0.3, 0.4) is 0 Å². The predicted octanol–water partition coefficient (Wildman–Crippen LogP) is 0.995. The van der Waals surface area contributed by atoms with Crippen LogP contribution < -0.4 is 0 Å². The third-order valence-corrected chi connectivity index (χ3v) is 3.28. The van der Waals surface area contributed by atoms with Crippen molar-refractivity contribution in [2.24, 2.45) is 0 Å². The van der Waals surface area contributed by atoms with Crippen molar-refractivity contribution in [1.82, 2.24) is 9.88 Å². The molecule has 0 saturated carbocycles. The Kier molecular flexibility index (Phi) is 2.52. The van der Waals surface area contributed by atoms with Crippen molar-refractivity contribution in [2.75, 3.05) is 20.2 Å². The van der Waals surface area contributed by atoms with E-state index in [1.54, 1.807) is 6.20 Å². The van der Waals surface area contributed by atoms with Crippen LogP contribution in [-0.4, -0.2) is 35.2 Å². The van der Waals surface area contributed by atoms with E-state index in [0.29, 0.717) is 0 Å². The summed E-state index contributed by atoms with van der Waals surface area (Å²) in [6.45, 7) is 1.23. The summed E-state index contributed by atoms with van der Waals surface area (Å²) in [6.07, 6.45) is 5.79. The average molecular weight is 192 g/mol. The summed E-state index contributed by atoms with van der Waals surface area (Å²) in [6, 6.07) is 3.98. The van der Waals surface area contributed by atoms with Gasteiger partial charge in [0, 0.05) is 12.4 Å². The molecule has 0 aliphatic carbocycles. The third-order valence-electron chi connectivity index (χ3n) is 3.28. The third kappa shape index (κ3) is 1.33. The molecule has 0 bridgehead atoms. The average Bonchev–Trinajstić information content (AvgIpc) is 2.62. The molecule has 76 valence electrons. The number of hydrogen-bond donors (Lipinski definition) is 1. The van der Waals surface area contributed by atoms with E-state index in [4.69, 9.17) is 0 Å². The van der Waals surface area contributed by atoms with E-state index >= 15 is 0 Å². The van der Waals surface area contributed by atoms with Gasteiger partial charge in [-0.3, -0.25) is 9.88 Å². The van der Waals surface area contributed by atoms with Gasteiger partial charge in [0.15, 0.2) is 0 Å². The summed E-state index contributed by atoms with van der Waals surface area (Å²) in [4.78, 5) is 6.35. The molecule has 1 aromatic heterocycles. The smallest absolute Gasteiger partial charge is 0.0707 e. The van der Waals surface area contributed by atoms with Crippen molar-refractivity contribution >= 4 is 0 Å². The number of pyridine rings is 1. The van der Waals surface area contributed by atoms with Crippen molar-refractivity contribution in [3.05, 3.63) is 30.1 Å². The van der Waals surface area contributed by atoms with Gasteiger partial charge in [0.05, 0.1) is 12.1 Å². The van der Waals surface area contributed by atoms with Crippen molar-refractivity contribution < 1.29 is 5.11 Å². The minimum atomic E-state index is -0.186. The molecule has 3 heteroatoms. The number of aliphatic hydroxyl groups is 1. The molecule has 3 nitrogen and oxygen atoms in total. The van der Waals surface area contributed by atoms with E-state index in [2.05, 4.69) is 16.9 Å². The molecule has 0 amide bonds. The highest BCUT2D eigenvalue weighted by molar-refractivity contribution is 5.22. The molecule has 1 N–H and O–H groups in total. The zero-order chi connectivity index (χ0) is 10.0. The van der Waals surface area contributed by atoms with Crippen molar-refractivity contribution in [3.8, 4) is 0 Å². The minimum Gasteiger partial charge on any atom is -0.394 e. The topological polar surface area (TPSA) is 36.4 Å². The molecule has 1 aliphatic heterocycles. The lowest BCUT2D eigenvalue weighted by molar-refractivity contribution is 0.0820. The molecule has 0 spiro atoms. The summed E-state index contributed by atoms with van der Waals surface area (Å²) in [5.41, 5.74) is 0.941. The maximum atomic E-state index is 9.57. The predicted molar refractivity (Wildman–Crippen MR) is 54.9 cm³/mol. The first-order valence-electron chi connectivity index (χ1n) is 5.02. The first kappa shape index (κ1) is 9.62. The fourth-order valence-electron chi connectivity index (χ4n) is 2.31. The van der Waals surface area contributed by atoms with Gasteiger partial charge in [-0.25, -0.2) is 0 Å². The van der Waals surface area contributed by atoms with E-state index in [0.717, 1.165) is 24.9 Å². The molecule has 1 fully saturated rings. The van der Waals surface area contributed by atoms with Gasteiger partial charge in [-0.05, 0) is 38.1 Å². The van der Waals surface area contributed by atoms with Crippen LogP contribution in [0.25, 0.3) is 0 Å². The summed E-state index contributed by atoms with van der Waals surface area (Å²) in [5.74, 6) is 0. The maximum absolute atomic E-state index is 9.57. The number of likely N-dealkylation sites (tertiary alicyclic amines) is 1. The molecule has 1 aromatic rings.